The zero-order valence-electron chi connectivity index (χ0n) is 21.2. The van der Waals surface area contributed by atoms with E-state index in [9.17, 15) is 14.0 Å². The van der Waals surface area contributed by atoms with Crippen LogP contribution in [0.15, 0.2) is 53.3 Å². The number of amides is 1. The number of benzene rings is 2. The Kier molecular flexibility index (Phi) is 8.57. The molecule has 1 unspecified atom stereocenters. The highest BCUT2D eigenvalue weighted by molar-refractivity contribution is 5.94. The van der Waals surface area contributed by atoms with Gasteiger partial charge in [-0.1, -0.05) is 50.2 Å². The quantitative estimate of drug-likeness (QED) is 0.489. The second-order valence-corrected chi connectivity index (χ2v) is 9.35. The maximum absolute atomic E-state index is 14.3. The van der Waals surface area contributed by atoms with Gasteiger partial charge >= 0.3 is 0 Å². The van der Waals surface area contributed by atoms with Crippen LogP contribution in [-0.4, -0.2) is 33.4 Å². The summed E-state index contributed by atoms with van der Waals surface area (Å²) in [7, 11) is 0. The minimum atomic E-state index is -0.505. The van der Waals surface area contributed by atoms with Gasteiger partial charge in [0.2, 0.25) is 0 Å². The highest BCUT2D eigenvalue weighted by Crippen LogP contribution is 2.30. The molecule has 3 rings (SSSR count). The Morgan fingerprint density at radius 3 is 2.40 bits per heavy atom. The zero-order chi connectivity index (χ0) is 25.7. The van der Waals surface area contributed by atoms with Crippen molar-refractivity contribution in [3.63, 3.8) is 0 Å². The van der Waals surface area contributed by atoms with Gasteiger partial charge in [0.05, 0.1) is 6.04 Å². The first-order chi connectivity index (χ1) is 16.6. The van der Waals surface area contributed by atoms with E-state index in [-0.39, 0.29) is 22.9 Å². The van der Waals surface area contributed by atoms with Gasteiger partial charge in [-0.3, -0.25) is 9.59 Å². The van der Waals surface area contributed by atoms with Crippen molar-refractivity contribution in [2.75, 3.05) is 13.1 Å². The number of aryl methyl sites for hydroxylation is 1. The molecule has 1 atom stereocenters. The molecule has 186 valence electrons. The average Bonchev–Trinajstić information content (AvgIpc) is 2.84. The van der Waals surface area contributed by atoms with Crippen molar-refractivity contribution in [2.24, 2.45) is 11.7 Å². The predicted octanol–water partition coefficient (Wildman–Crippen LogP) is 4.54. The molecule has 0 aliphatic rings. The van der Waals surface area contributed by atoms with Gasteiger partial charge in [-0.05, 0) is 62.9 Å². The summed E-state index contributed by atoms with van der Waals surface area (Å²) in [4.78, 5) is 32.8. The molecule has 0 radical (unpaired) electrons. The largest absolute Gasteiger partial charge is 0.330 e. The number of hydrogen-bond acceptors (Lipinski definition) is 4. The SMILES string of the molecule is Cc1ccc(C(=O)N(CCCN)C(c2nc(=O)c(C)c(C)n2Cc2ccccc2)C(C)C)cc1F. The molecule has 0 fully saturated rings. The highest BCUT2D eigenvalue weighted by Gasteiger charge is 2.32. The average molecular weight is 479 g/mol. The van der Waals surface area contributed by atoms with Gasteiger partial charge in [-0.2, -0.15) is 4.98 Å². The Morgan fingerprint density at radius 2 is 1.80 bits per heavy atom. The fraction of sp³-hybridized carbons (Fsp3) is 0.393. The Hall–Kier alpha value is -3.32. The van der Waals surface area contributed by atoms with E-state index in [1.54, 1.807) is 30.9 Å². The molecule has 2 aromatic carbocycles. The third kappa shape index (κ3) is 5.85. The lowest BCUT2D eigenvalue weighted by Gasteiger charge is -2.36. The van der Waals surface area contributed by atoms with Gasteiger partial charge in [0, 0.05) is 29.9 Å². The number of rotatable bonds is 9. The molecule has 0 aliphatic heterocycles. The third-order valence-electron chi connectivity index (χ3n) is 6.46. The number of nitrogens with zero attached hydrogens (tertiary/aromatic N) is 3. The summed E-state index contributed by atoms with van der Waals surface area (Å²) in [5, 5.41) is 0. The molecule has 1 amide bonds. The molecule has 0 aliphatic carbocycles. The predicted molar refractivity (Wildman–Crippen MR) is 137 cm³/mol. The van der Waals surface area contributed by atoms with Crippen LogP contribution in [0.1, 0.15) is 64.9 Å². The molecule has 3 aromatic rings. The molecule has 0 bridgehead atoms. The van der Waals surface area contributed by atoms with Crippen LogP contribution < -0.4 is 11.3 Å². The summed E-state index contributed by atoms with van der Waals surface area (Å²) in [6.07, 6.45) is 0.567. The van der Waals surface area contributed by atoms with E-state index < -0.39 is 11.9 Å². The standard InChI is InChI=1S/C28H35FN4O2/c1-18(2)25(32(15-9-14-30)28(35)23-13-12-19(3)24(29)16-23)26-31-27(34)20(4)21(5)33(26)17-22-10-7-6-8-11-22/h6-8,10-13,16,18,25H,9,14-15,17,30H2,1-5H3. The Labute approximate surface area is 206 Å². The Morgan fingerprint density at radius 1 is 1.11 bits per heavy atom. The maximum Gasteiger partial charge on any atom is 0.276 e. The molecule has 0 spiro atoms. The molecule has 0 saturated heterocycles. The van der Waals surface area contributed by atoms with Crippen molar-refractivity contribution in [1.82, 2.24) is 14.5 Å². The van der Waals surface area contributed by atoms with Crippen LogP contribution in [0, 0.1) is 32.5 Å². The van der Waals surface area contributed by atoms with Crippen molar-refractivity contribution in [3.05, 3.63) is 98.5 Å². The van der Waals surface area contributed by atoms with Crippen molar-refractivity contribution in [1.29, 1.82) is 0 Å². The van der Waals surface area contributed by atoms with Gasteiger partial charge < -0.3 is 15.2 Å². The number of carbonyl (C=O) groups excluding carboxylic acids is 1. The van der Waals surface area contributed by atoms with Crippen molar-refractivity contribution in [3.8, 4) is 0 Å². The first-order valence-electron chi connectivity index (χ1n) is 12.0. The molecule has 1 aromatic heterocycles. The van der Waals surface area contributed by atoms with Crippen LogP contribution >= 0.6 is 0 Å². The second-order valence-electron chi connectivity index (χ2n) is 9.35. The third-order valence-corrected chi connectivity index (χ3v) is 6.46. The summed E-state index contributed by atoms with van der Waals surface area (Å²) < 4.78 is 16.4. The molecule has 35 heavy (non-hydrogen) atoms. The first-order valence-corrected chi connectivity index (χ1v) is 12.0. The fourth-order valence-electron chi connectivity index (χ4n) is 4.29. The van der Waals surface area contributed by atoms with E-state index in [1.165, 1.54) is 6.07 Å². The number of halogens is 1. The van der Waals surface area contributed by atoms with Crippen LogP contribution in [0.2, 0.25) is 0 Å². The van der Waals surface area contributed by atoms with Gasteiger partial charge in [0.15, 0.2) is 0 Å². The van der Waals surface area contributed by atoms with Crippen molar-refractivity contribution < 1.29 is 9.18 Å². The fourth-order valence-corrected chi connectivity index (χ4v) is 4.29. The number of aromatic nitrogens is 2. The second kappa shape index (κ2) is 11.4. The molecule has 6 nitrogen and oxygen atoms in total. The Balaban J connectivity index is 2.18. The normalized spacial score (nSPS) is 12.1. The van der Waals surface area contributed by atoms with Crippen LogP contribution in [0.25, 0.3) is 0 Å². The van der Waals surface area contributed by atoms with Gasteiger partial charge in [-0.25, -0.2) is 4.39 Å². The molecule has 1 heterocycles. The topological polar surface area (TPSA) is 81.2 Å². The van der Waals surface area contributed by atoms with E-state index in [1.807, 2.05) is 55.7 Å². The van der Waals surface area contributed by atoms with E-state index in [4.69, 9.17) is 5.73 Å². The van der Waals surface area contributed by atoms with Crippen LogP contribution in [-0.2, 0) is 6.54 Å². The summed E-state index contributed by atoms with van der Waals surface area (Å²) in [6.45, 7) is 10.6. The van der Waals surface area contributed by atoms with Crippen molar-refractivity contribution >= 4 is 5.91 Å². The number of nitrogens with two attached hydrogens (primary N) is 1. The molecule has 7 heteroatoms. The Bertz CT molecular complexity index is 1240. The van der Waals surface area contributed by atoms with E-state index in [0.29, 0.717) is 43.0 Å². The van der Waals surface area contributed by atoms with Crippen LogP contribution in [0.4, 0.5) is 4.39 Å². The molecule has 0 saturated carbocycles. The monoisotopic (exact) mass is 478 g/mol. The smallest absolute Gasteiger partial charge is 0.276 e. The summed E-state index contributed by atoms with van der Waals surface area (Å²) in [5.74, 6) is -0.284. The van der Waals surface area contributed by atoms with Gasteiger partial charge in [0.1, 0.15) is 11.6 Å². The van der Waals surface area contributed by atoms with Crippen molar-refractivity contribution in [2.45, 2.75) is 53.6 Å². The minimum absolute atomic E-state index is 0.0666. The number of carbonyl (C=O) groups is 1. The summed E-state index contributed by atoms with van der Waals surface area (Å²) in [6, 6.07) is 13.9. The van der Waals surface area contributed by atoms with Crippen LogP contribution in [0.5, 0.6) is 0 Å². The summed E-state index contributed by atoms with van der Waals surface area (Å²) in [5.41, 5.74) is 8.68. The maximum atomic E-state index is 14.3. The van der Waals surface area contributed by atoms with E-state index in [0.717, 1.165) is 11.3 Å². The zero-order valence-corrected chi connectivity index (χ0v) is 21.2. The lowest BCUT2D eigenvalue weighted by Crippen LogP contribution is -2.42. The van der Waals surface area contributed by atoms with E-state index >= 15 is 0 Å². The van der Waals surface area contributed by atoms with Gasteiger partial charge in [0.25, 0.3) is 11.5 Å². The molecular weight excluding hydrogens is 443 g/mol. The molecular formula is C28H35FN4O2. The van der Waals surface area contributed by atoms with Gasteiger partial charge in [-0.15, -0.1) is 0 Å². The minimum Gasteiger partial charge on any atom is -0.330 e. The molecule has 2 N–H and O–H groups in total. The van der Waals surface area contributed by atoms with Crippen LogP contribution in [0.3, 0.4) is 0 Å². The highest BCUT2D eigenvalue weighted by atomic mass is 19.1. The lowest BCUT2D eigenvalue weighted by atomic mass is 9.98. The summed E-state index contributed by atoms with van der Waals surface area (Å²) >= 11 is 0. The first kappa shape index (κ1) is 26.3. The van der Waals surface area contributed by atoms with E-state index in [2.05, 4.69) is 4.98 Å². The number of hydrogen-bond donors (Lipinski definition) is 1. The lowest BCUT2D eigenvalue weighted by molar-refractivity contribution is 0.0601.